The molecule has 0 saturated carbocycles. The Kier molecular flexibility index (Phi) is 4.13. The minimum Gasteiger partial charge on any atom is -0.507 e. The highest BCUT2D eigenvalue weighted by Gasteiger charge is 2.40. The molecule has 2 saturated heterocycles. The third-order valence-corrected chi connectivity index (χ3v) is 7.07. The first-order valence-electron chi connectivity index (χ1n) is 9.66. The quantitative estimate of drug-likeness (QED) is 0.717. The van der Waals surface area contributed by atoms with E-state index in [9.17, 15) is 9.90 Å². The van der Waals surface area contributed by atoms with Gasteiger partial charge in [0.1, 0.15) is 5.75 Å². The van der Waals surface area contributed by atoms with E-state index in [0.717, 1.165) is 29.6 Å². The topological polar surface area (TPSA) is 74.5 Å². The first-order chi connectivity index (χ1) is 13.6. The Labute approximate surface area is 166 Å². The van der Waals surface area contributed by atoms with Crippen molar-refractivity contribution in [1.82, 2.24) is 19.7 Å². The zero-order valence-corrected chi connectivity index (χ0v) is 16.8. The lowest BCUT2D eigenvalue weighted by Crippen LogP contribution is -2.51. The first-order valence-corrected chi connectivity index (χ1v) is 10.5. The van der Waals surface area contributed by atoms with Crippen LogP contribution in [0.4, 0.5) is 5.82 Å². The predicted molar refractivity (Wildman–Crippen MR) is 111 cm³/mol. The molecule has 2 atom stereocenters. The van der Waals surface area contributed by atoms with Crippen LogP contribution in [0.25, 0.3) is 21.5 Å². The molecule has 2 fully saturated rings. The third kappa shape index (κ3) is 2.55. The first kappa shape index (κ1) is 17.6. The van der Waals surface area contributed by atoms with Crippen LogP contribution in [0.3, 0.4) is 0 Å². The number of thiophene rings is 1. The van der Waals surface area contributed by atoms with Gasteiger partial charge >= 0.3 is 0 Å². The van der Waals surface area contributed by atoms with Gasteiger partial charge in [-0.3, -0.25) is 14.3 Å². The molecule has 0 bridgehead atoms. The average molecular weight is 398 g/mol. The van der Waals surface area contributed by atoms with Gasteiger partial charge in [-0.25, -0.2) is 0 Å². The summed E-state index contributed by atoms with van der Waals surface area (Å²) in [7, 11) is 3.82. The Hall–Kier alpha value is -2.45. The van der Waals surface area contributed by atoms with Crippen LogP contribution in [-0.2, 0) is 7.05 Å². The maximum absolute atomic E-state index is 13.2. The second-order valence-electron chi connectivity index (χ2n) is 7.78. The normalized spacial score (nSPS) is 22.7. The molecule has 8 heteroatoms. The van der Waals surface area contributed by atoms with Crippen molar-refractivity contribution in [2.24, 2.45) is 13.0 Å². The Morgan fingerprint density at radius 3 is 2.86 bits per heavy atom. The highest BCUT2D eigenvalue weighted by Crippen LogP contribution is 2.38. The molecule has 0 amide bonds. The maximum Gasteiger partial charge on any atom is 0.296 e. The third-order valence-electron chi connectivity index (χ3n) is 6.19. The Morgan fingerprint density at radius 2 is 2.00 bits per heavy atom. The van der Waals surface area contributed by atoms with Gasteiger partial charge in [-0.05, 0) is 62.4 Å². The summed E-state index contributed by atoms with van der Waals surface area (Å²) >= 11 is 1.57. The molecule has 5 rings (SSSR count). The summed E-state index contributed by atoms with van der Waals surface area (Å²) in [5.74, 6) is 1.51. The summed E-state index contributed by atoms with van der Waals surface area (Å²) in [6.07, 6.45) is 3.71. The van der Waals surface area contributed by atoms with Crippen LogP contribution in [0.1, 0.15) is 19.3 Å². The molecule has 28 heavy (non-hydrogen) atoms. The molecule has 2 aliphatic heterocycles. The average Bonchev–Trinajstić information content (AvgIpc) is 3.33. The summed E-state index contributed by atoms with van der Waals surface area (Å²) in [4.78, 5) is 17.6. The molecule has 0 aliphatic carbocycles. The number of piperidine rings is 1. The number of likely N-dealkylation sites (tertiary alicyclic amines) is 1. The number of phenols is 1. The van der Waals surface area contributed by atoms with Crippen molar-refractivity contribution in [3.63, 3.8) is 0 Å². The number of anilines is 1. The lowest BCUT2D eigenvalue weighted by atomic mass is 9.95. The molecule has 0 radical (unpaired) electrons. The molecule has 2 unspecified atom stereocenters. The van der Waals surface area contributed by atoms with Crippen LogP contribution in [0.5, 0.6) is 5.75 Å². The van der Waals surface area contributed by atoms with E-state index < -0.39 is 0 Å². The summed E-state index contributed by atoms with van der Waals surface area (Å²) in [5.41, 5.74) is 0.355. The maximum atomic E-state index is 13.2. The zero-order valence-electron chi connectivity index (χ0n) is 16.0. The Balaban J connectivity index is 1.58. The standard InChI is InChI=1S/C20H23N5O2S/c1-23-9-3-4-12-7-10-25(19(12)23)18-20(27)24(2)17(21-22-18)14-5-6-15-13(16(14)26)8-11-28-15/h5-6,8,11-12,19,26H,3-4,7,9-10H2,1-2H3. The number of hydrogen-bond donors (Lipinski definition) is 1. The molecule has 0 spiro atoms. The van der Waals surface area contributed by atoms with Gasteiger partial charge < -0.3 is 10.0 Å². The van der Waals surface area contributed by atoms with Crippen LogP contribution < -0.4 is 10.5 Å². The SMILES string of the molecule is CN1CCCC2CCN(c3nnc(-c4ccc5sccc5c4O)n(C)c3=O)C21. The van der Waals surface area contributed by atoms with Gasteiger partial charge in [0.15, 0.2) is 5.82 Å². The van der Waals surface area contributed by atoms with Gasteiger partial charge in [0.25, 0.3) is 5.56 Å². The van der Waals surface area contributed by atoms with Crippen LogP contribution in [0.15, 0.2) is 28.4 Å². The molecule has 3 aromatic rings. The molecule has 2 aliphatic rings. The number of fused-ring (bicyclic) bond motifs is 2. The van der Waals surface area contributed by atoms with Gasteiger partial charge in [0, 0.05) is 23.7 Å². The van der Waals surface area contributed by atoms with Gasteiger partial charge in [-0.1, -0.05) is 0 Å². The molecule has 146 valence electrons. The van der Waals surface area contributed by atoms with E-state index in [0.29, 0.717) is 23.1 Å². The number of aromatic nitrogens is 3. The molecule has 1 aromatic carbocycles. The minimum atomic E-state index is -0.172. The van der Waals surface area contributed by atoms with E-state index >= 15 is 0 Å². The van der Waals surface area contributed by atoms with Crippen molar-refractivity contribution in [1.29, 1.82) is 0 Å². The highest BCUT2D eigenvalue weighted by atomic mass is 32.1. The van der Waals surface area contributed by atoms with Crippen molar-refractivity contribution in [2.75, 3.05) is 25.0 Å². The van der Waals surface area contributed by atoms with E-state index in [4.69, 9.17) is 0 Å². The fourth-order valence-electron chi connectivity index (χ4n) is 4.77. The van der Waals surface area contributed by atoms with Gasteiger partial charge in [-0.15, -0.1) is 21.5 Å². The fourth-order valence-corrected chi connectivity index (χ4v) is 5.56. The molecular formula is C20H23N5O2S. The minimum absolute atomic E-state index is 0.143. The van der Waals surface area contributed by atoms with Gasteiger partial charge in [-0.2, -0.15) is 0 Å². The molecule has 2 aromatic heterocycles. The zero-order chi connectivity index (χ0) is 19.4. The Morgan fingerprint density at radius 1 is 1.14 bits per heavy atom. The van der Waals surface area contributed by atoms with E-state index in [1.807, 2.05) is 17.5 Å². The van der Waals surface area contributed by atoms with E-state index in [2.05, 4.69) is 27.0 Å². The molecule has 7 nitrogen and oxygen atoms in total. The van der Waals surface area contributed by atoms with Crippen LogP contribution in [-0.4, -0.2) is 51.1 Å². The van der Waals surface area contributed by atoms with Crippen LogP contribution in [0, 0.1) is 5.92 Å². The number of nitrogens with zero attached hydrogens (tertiary/aromatic N) is 5. The molecule has 4 heterocycles. The van der Waals surface area contributed by atoms with E-state index in [1.54, 1.807) is 24.5 Å². The molecular weight excluding hydrogens is 374 g/mol. The monoisotopic (exact) mass is 397 g/mol. The van der Waals surface area contributed by atoms with Crippen LogP contribution in [0.2, 0.25) is 0 Å². The smallest absolute Gasteiger partial charge is 0.296 e. The van der Waals surface area contributed by atoms with Crippen molar-refractivity contribution >= 4 is 27.2 Å². The van der Waals surface area contributed by atoms with E-state index in [-0.39, 0.29) is 17.5 Å². The summed E-state index contributed by atoms with van der Waals surface area (Å²) in [5, 5.41) is 22.1. The van der Waals surface area contributed by atoms with Crippen molar-refractivity contribution in [3.05, 3.63) is 33.9 Å². The van der Waals surface area contributed by atoms with Gasteiger partial charge in [0.05, 0.1) is 11.7 Å². The number of rotatable bonds is 2. The lowest BCUT2D eigenvalue weighted by Gasteiger charge is -2.39. The lowest BCUT2D eigenvalue weighted by molar-refractivity contribution is 0.145. The fraction of sp³-hybridized carbons (Fsp3) is 0.450. The number of aromatic hydroxyl groups is 1. The van der Waals surface area contributed by atoms with Crippen molar-refractivity contribution in [2.45, 2.75) is 25.4 Å². The predicted octanol–water partition coefficient (Wildman–Crippen LogP) is 2.64. The second kappa shape index (κ2) is 6.56. The second-order valence-corrected chi connectivity index (χ2v) is 8.73. The number of hydrogen-bond acceptors (Lipinski definition) is 7. The summed E-state index contributed by atoms with van der Waals surface area (Å²) in [6.45, 7) is 1.87. The number of phenolic OH excluding ortho intramolecular Hbond substituents is 1. The largest absolute Gasteiger partial charge is 0.507 e. The van der Waals surface area contributed by atoms with Gasteiger partial charge in [0.2, 0.25) is 5.82 Å². The highest BCUT2D eigenvalue weighted by molar-refractivity contribution is 7.17. The summed E-state index contributed by atoms with van der Waals surface area (Å²) in [6, 6.07) is 5.62. The van der Waals surface area contributed by atoms with E-state index in [1.165, 1.54) is 17.4 Å². The van der Waals surface area contributed by atoms with Crippen molar-refractivity contribution < 1.29 is 5.11 Å². The Bertz CT molecular complexity index is 1110. The number of benzene rings is 1. The van der Waals surface area contributed by atoms with Crippen molar-refractivity contribution in [3.8, 4) is 17.1 Å². The molecule has 1 N–H and O–H groups in total. The summed E-state index contributed by atoms with van der Waals surface area (Å²) < 4.78 is 2.51. The van der Waals surface area contributed by atoms with Crippen LogP contribution >= 0.6 is 11.3 Å².